The van der Waals surface area contributed by atoms with Crippen LogP contribution in [0.1, 0.15) is 264 Å². The lowest BCUT2D eigenvalue weighted by atomic mass is 9.70. The van der Waals surface area contributed by atoms with Crippen molar-refractivity contribution in [2.24, 2.45) is 0 Å². The van der Waals surface area contributed by atoms with Gasteiger partial charge < -0.3 is 19.6 Å². The molecule has 4 nitrogen and oxygen atoms in total. The molecule has 0 saturated carbocycles. The van der Waals surface area contributed by atoms with E-state index in [4.69, 9.17) is 0 Å². The third-order valence-corrected chi connectivity index (χ3v) is 26.1. The van der Waals surface area contributed by atoms with Gasteiger partial charge in [0.2, 0.25) is 0 Å². The third kappa shape index (κ3) is 23.7. The lowest BCUT2D eigenvalue weighted by Gasteiger charge is -2.33. The van der Waals surface area contributed by atoms with Crippen molar-refractivity contribution in [1.29, 1.82) is 0 Å². The van der Waals surface area contributed by atoms with Gasteiger partial charge >= 0.3 is 0 Å². The van der Waals surface area contributed by atoms with Crippen molar-refractivity contribution in [2.45, 2.75) is 265 Å². The summed E-state index contributed by atoms with van der Waals surface area (Å²) < 4.78 is 2.37. The fourth-order valence-electron chi connectivity index (χ4n) is 18.1. The van der Waals surface area contributed by atoms with E-state index in [0.29, 0.717) is 0 Å². The van der Waals surface area contributed by atoms with Crippen molar-refractivity contribution in [2.75, 3.05) is 19.6 Å². The molecule has 0 atom stereocenters. The molecule has 1 aliphatic rings. The van der Waals surface area contributed by atoms with Crippen LogP contribution in [0.3, 0.4) is 0 Å². The van der Waals surface area contributed by atoms with E-state index in [1.807, 2.05) is 0 Å². The van der Waals surface area contributed by atoms with Gasteiger partial charge in [0.15, 0.2) is 0 Å². The maximum atomic E-state index is 3.96. The number of hydrogen-bond acceptors (Lipinski definition) is 4. The van der Waals surface area contributed by atoms with E-state index in [1.54, 1.807) is 0 Å². The van der Waals surface area contributed by atoms with Crippen molar-refractivity contribution in [3.05, 3.63) is 344 Å². The molecule has 0 heterocycles. The quantitative estimate of drug-likeness (QED) is 0.0352. The SMILES string of the molecule is CCCCc1ccc(N(c2ccc(CCCC)cc2)c2ccc(N(c3ccc(CCCC)cc3)c3ccc(CCCCCCCCC4(CCCCCCCCc5ccc(N(c6ccc(CCCC)cc6)c6ccc(N(c7ccc(CCCC)cc7)c7ccc(CCCC)cc7)cc6)cc5)c5cc(Br)ccc5-c5ccc(Br)cc54)cc3)cc2)cc1. The lowest BCUT2D eigenvalue weighted by molar-refractivity contribution is 0.397. The highest BCUT2D eigenvalue weighted by Gasteiger charge is 2.42. The molecular formula is C113H132Br2N4. The minimum absolute atomic E-state index is 0.0101. The van der Waals surface area contributed by atoms with Gasteiger partial charge in [-0.15, -0.1) is 0 Å². The molecule has 12 aromatic carbocycles. The largest absolute Gasteiger partial charge is 0.311 e. The number of aryl methyl sites for hydroxylation is 8. The summed E-state index contributed by atoms with van der Waals surface area (Å²) in [4.78, 5) is 9.73. The molecule has 12 aromatic rings. The first-order valence-electron chi connectivity index (χ1n) is 46.3. The van der Waals surface area contributed by atoms with Gasteiger partial charge in [-0.05, 0) is 352 Å². The number of hydrogen-bond donors (Lipinski definition) is 0. The molecule has 13 rings (SSSR count). The first-order valence-corrected chi connectivity index (χ1v) is 47.9. The van der Waals surface area contributed by atoms with Crippen molar-refractivity contribution >= 4 is 100 Å². The summed E-state index contributed by atoms with van der Waals surface area (Å²) in [5.41, 5.74) is 31.2. The molecule has 0 spiro atoms. The van der Waals surface area contributed by atoms with Gasteiger partial charge in [0.05, 0.1) is 0 Å². The highest BCUT2D eigenvalue weighted by molar-refractivity contribution is 9.10. The molecule has 0 saturated heterocycles. The first-order chi connectivity index (χ1) is 58.5. The molecule has 6 heteroatoms. The van der Waals surface area contributed by atoms with Crippen LogP contribution < -0.4 is 19.6 Å². The predicted molar refractivity (Wildman–Crippen MR) is 523 cm³/mol. The maximum Gasteiger partial charge on any atom is 0.0463 e. The average molecular weight is 1710 g/mol. The Hall–Kier alpha value is -9.20. The van der Waals surface area contributed by atoms with Crippen LogP contribution in [0.15, 0.2) is 288 Å². The number of halogens is 2. The minimum Gasteiger partial charge on any atom is -0.311 e. The summed E-state index contributed by atoms with van der Waals surface area (Å²) in [6, 6.07) is 107. The standard InChI is InChI=1S/C113H132Br2N4/c1-7-13-31-87-39-57-97(58-40-87)116(98-59-41-88(42-60-98)32-14-8-2)105-73-77-107(78-74-105)118(101-65-47-91(48-66-101)35-17-11-5)103-69-51-93(52-70-103)37-27-23-19-21-25-29-83-113(111-85-95(114)55-81-109(111)110-82-56-96(115)86-112(110)113)84-30-26-22-20-24-28-38-94-53-71-104(72-54-94)119(102-67-49-92(50-68-102)36-18-12-6)108-79-75-106(76-80-108)117(99-61-43-89(44-62-99)33-15-9-3)100-63-45-90(46-64-100)34-16-10-4/h39-82,85-86H,7-38,83-84H2,1-6H3. The van der Waals surface area contributed by atoms with Crippen LogP contribution in [0.4, 0.5) is 68.2 Å². The van der Waals surface area contributed by atoms with Gasteiger partial charge in [0.1, 0.15) is 0 Å². The molecule has 0 aliphatic heterocycles. The molecule has 1 aliphatic carbocycles. The number of rotatable bonds is 48. The highest BCUT2D eigenvalue weighted by Crippen LogP contribution is 2.56. The number of benzene rings is 12. The molecule has 0 N–H and O–H groups in total. The second-order valence-electron chi connectivity index (χ2n) is 34.0. The molecule has 0 aromatic heterocycles. The third-order valence-electron chi connectivity index (χ3n) is 25.1. The van der Waals surface area contributed by atoms with E-state index in [0.717, 1.165) is 74.1 Å². The Labute approximate surface area is 734 Å². The summed E-state index contributed by atoms with van der Waals surface area (Å²) >= 11 is 7.92. The summed E-state index contributed by atoms with van der Waals surface area (Å²) in [5.74, 6) is 0. The van der Waals surface area contributed by atoms with Crippen LogP contribution >= 0.6 is 31.9 Å². The Bertz CT molecular complexity index is 4550. The van der Waals surface area contributed by atoms with Gasteiger partial charge in [0.25, 0.3) is 0 Å². The van der Waals surface area contributed by atoms with E-state index < -0.39 is 0 Å². The number of fused-ring (bicyclic) bond motifs is 3. The van der Waals surface area contributed by atoms with E-state index in [1.165, 1.54) is 288 Å². The van der Waals surface area contributed by atoms with Crippen molar-refractivity contribution in [3.63, 3.8) is 0 Å². The Morgan fingerprint density at radius 3 is 0.529 bits per heavy atom. The Morgan fingerprint density at radius 1 is 0.185 bits per heavy atom. The van der Waals surface area contributed by atoms with Crippen LogP contribution in [0.2, 0.25) is 0 Å². The first kappa shape index (κ1) is 87.6. The number of anilines is 12. The number of nitrogens with zero attached hydrogens (tertiary/aromatic N) is 4. The van der Waals surface area contributed by atoms with E-state index in [-0.39, 0.29) is 5.41 Å². The molecule has 119 heavy (non-hydrogen) atoms. The molecule has 0 bridgehead atoms. The van der Waals surface area contributed by atoms with Gasteiger partial charge in [-0.25, -0.2) is 0 Å². The van der Waals surface area contributed by atoms with Gasteiger partial charge in [-0.1, -0.05) is 285 Å². The smallest absolute Gasteiger partial charge is 0.0463 e. The molecule has 0 fully saturated rings. The van der Waals surface area contributed by atoms with Crippen LogP contribution in [-0.4, -0.2) is 0 Å². The summed E-state index contributed by atoms with van der Waals surface area (Å²) in [5, 5.41) is 0. The molecule has 0 radical (unpaired) electrons. The predicted octanol–water partition coefficient (Wildman–Crippen LogP) is 35.4. The second kappa shape index (κ2) is 45.4. The van der Waals surface area contributed by atoms with Crippen LogP contribution in [0.25, 0.3) is 11.1 Å². The van der Waals surface area contributed by atoms with Crippen LogP contribution in [0, 0.1) is 0 Å². The molecule has 618 valence electrons. The van der Waals surface area contributed by atoms with Crippen molar-refractivity contribution in [1.82, 2.24) is 0 Å². The van der Waals surface area contributed by atoms with Crippen LogP contribution in [0.5, 0.6) is 0 Å². The highest BCUT2D eigenvalue weighted by atomic mass is 79.9. The fourth-order valence-corrected chi connectivity index (χ4v) is 18.8. The average Bonchev–Trinajstić information content (AvgIpc) is 1.56. The van der Waals surface area contributed by atoms with Gasteiger partial charge in [-0.2, -0.15) is 0 Å². The Morgan fingerprint density at radius 2 is 0.345 bits per heavy atom. The zero-order valence-corrected chi connectivity index (χ0v) is 75.8. The normalized spacial score (nSPS) is 12.1. The molecule has 0 unspecified atom stereocenters. The molecule has 0 amide bonds. The summed E-state index contributed by atoms with van der Waals surface area (Å²) in [6.07, 6.45) is 40.7. The van der Waals surface area contributed by atoms with E-state index in [9.17, 15) is 0 Å². The molecular weight excluding hydrogens is 1570 g/mol. The van der Waals surface area contributed by atoms with Crippen molar-refractivity contribution < 1.29 is 0 Å². The van der Waals surface area contributed by atoms with Crippen LogP contribution in [-0.2, 0) is 56.8 Å². The maximum absolute atomic E-state index is 3.96. The Balaban J connectivity index is 0.610. The van der Waals surface area contributed by atoms with E-state index >= 15 is 0 Å². The van der Waals surface area contributed by atoms with Gasteiger partial charge in [-0.3, -0.25) is 0 Å². The lowest BCUT2D eigenvalue weighted by Crippen LogP contribution is -2.25. The number of unbranched alkanes of at least 4 members (excludes halogenated alkanes) is 16. The summed E-state index contributed by atoms with van der Waals surface area (Å²) in [6.45, 7) is 13.7. The minimum atomic E-state index is 0.0101. The monoisotopic (exact) mass is 1700 g/mol. The zero-order chi connectivity index (χ0) is 82.4. The van der Waals surface area contributed by atoms with Crippen molar-refractivity contribution in [3.8, 4) is 11.1 Å². The van der Waals surface area contributed by atoms with E-state index in [2.05, 4.69) is 372 Å². The second-order valence-corrected chi connectivity index (χ2v) is 35.9. The summed E-state index contributed by atoms with van der Waals surface area (Å²) in [7, 11) is 0. The topological polar surface area (TPSA) is 13.0 Å². The fraction of sp³-hybridized carbons (Fsp3) is 0.363. The zero-order valence-electron chi connectivity index (χ0n) is 72.6. The van der Waals surface area contributed by atoms with Gasteiger partial charge in [0, 0.05) is 82.6 Å². The Kier molecular flexibility index (Phi) is 33.5.